The summed E-state index contributed by atoms with van der Waals surface area (Å²) in [7, 11) is -6.64. The lowest BCUT2D eigenvalue weighted by atomic mass is 10.4. The van der Waals surface area contributed by atoms with Crippen LogP contribution in [-0.2, 0) is 26.6 Å². The molecule has 0 aliphatic carbocycles. The molecule has 0 aromatic carbocycles. The molecule has 0 aliphatic heterocycles. The Hall–Kier alpha value is 0.194. The van der Waals surface area contributed by atoms with Crippen molar-refractivity contribution in [2.45, 2.75) is 99.3 Å². The summed E-state index contributed by atoms with van der Waals surface area (Å²) in [6.45, 7) is 16.1. The highest BCUT2D eigenvalue weighted by atomic mass is 29.3. The molecule has 0 atom stereocenters. The van der Waals surface area contributed by atoms with Crippen LogP contribution in [0.3, 0.4) is 0 Å². The molecule has 176 valence electrons. The summed E-state index contributed by atoms with van der Waals surface area (Å²) in [5, 5.41) is 0. The molecule has 0 aromatic rings. The van der Waals surface area contributed by atoms with Gasteiger partial charge in [-0.15, -0.1) is 0 Å². The molecular weight excluding hydrogens is 404 g/mol. The molecule has 0 radical (unpaired) electrons. The number of hydrogen-bond donors (Lipinski definition) is 0. The standard InChI is InChI=1S/C21H48O6Si2/c1-7-13-19-25-29(26-20-14-8-2,27-21-15-9-3)28(22-16-10-4,23-17-11-5)24-18-12-6/h7-21H2,1-6H3. The van der Waals surface area contributed by atoms with Gasteiger partial charge in [0.25, 0.3) is 0 Å². The molecular formula is C21H48O6Si2. The van der Waals surface area contributed by atoms with Gasteiger partial charge in [0.2, 0.25) is 0 Å². The van der Waals surface area contributed by atoms with Gasteiger partial charge in [0.15, 0.2) is 0 Å². The molecule has 0 amide bonds. The minimum atomic E-state index is -3.33. The van der Waals surface area contributed by atoms with Crippen LogP contribution in [0.5, 0.6) is 0 Å². The van der Waals surface area contributed by atoms with Gasteiger partial charge in [0, 0.05) is 39.6 Å². The number of hydrogen-bond acceptors (Lipinski definition) is 6. The zero-order chi connectivity index (χ0) is 21.8. The molecule has 0 rings (SSSR count). The van der Waals surface area contributed by atoms with E-state index in [1.807, 2.05) is 0 Å². The van der Waals surface area contributed by atoms with Crippen LogP contribution in [0.15, 0.2) is 0 Å². The highest BCUT2D eigenvalue weighted by Gasteiger charge is 2.72. The summed E-state index contributed by atoms with van der Waals surface area (Å²) in [6, 6.07) is 0. The quantitative estimate of drug-likeness (QED) is 0.156. The predicted octanol–water partition coefficient (Wildman–Crippen LogP) is 5.67. The molecule has 0 bridgehead atoms. The van der Waals surface area contributed by atoms with Crippen LogP contribution in [0.4, 0.5) is 0 Å². The normalized spacial score (nSPS) is 12.6. The summed E-state index contributed by atoms with van der Waals surface area (Å²) < 4.78 is 38.8. The summed E-state index contributed by atoms with van der Waals surface area (Å²) in [6.07, 6.45) is 8.61. The van der Waals surface area contributed by atoms with Crippen LogP contribution in [-0.4, -0.2) is 56.3 Å². The third kappa shape index (κ3) is 10.9. The van der Waals surface area contributed by atoms with Crippen LogP contribution in [0, 0.1) is 0 Å². The first-order valence-electron chi connectivity index (χ1n) is 11.9. The topological polar surface area (TPSA) is 55.4 Å². The Kier molecular flexibility index (Phi) is 19.0. The fourth-order valence-electron chi connectivity index (χ4n) is 2.54. The molecule has 8 heteroatoms. The first-order valence-corrected chi connectivity index (χ1v) is 16.4. The van der Waals surface area contributed by atoms with E-state index in [4.69, 9.17) is 26.6 Å². The van der Waals surface area contributed by atoms with Gasteiger partial charge >= 0.3 is 16.6 Å². The van der Waals surface area contributed by atoms with Gasteiger partial charge in [0.05, 0.1) is 0 Å². The van der Waals surface area contributed by atoms with E-state index in [1.54, 1.807) is 0 Å². The van der Waals surface area contributed by atoms with Crippen molar-refractivity contribution in [2.75, 3.05) is 39.6 Å². The Morgan fingerprint density at radius 2 is 0.586 bits per heavy atom. The largest absolute Gasteiger partial charge is 0.577 e. The van der Waals surface area contributed by atoms with Crippen molar-refractivity contribution in [3.05, 3.63) is 0 Å². The maximum absolute atomic E-state index is 6.50. The smallest absolute Gasteiger partial charge is 0.371 e. The summed E-state index contributed by atoms with van der Waals surface area (Å²) in [5.41, 5.74) is 0. The van der Waals surface area contributed by atoms with Crippen molar-refractivity contribution in [3.63, 3.8) is 0 Å². The van der Waals surface area contributed by atoms with E-state index in [0.29, 0.717) is 39.6 Å². The van der Waals surface area contributed by atoms with Gasteiger partial charge < -0.3 is 26.6 Å². The Labute approximate surface area is 182 Å². The molecule has 6 nitrogen and oxygen atoms in total. The van der Waals surface area contributed by atoms with E-state index >= 15 is 0 Å². The van der Waals surface area contributed by atoms with Crippen LogP contribution in [0.2, 0.25) is 0 Å². The minimum absolute atomic E-state index is 0.555. The van der Waals surface area contributed by atoms with Crippen molar-refractivity contribution >= 4 is 16.6 Å². The third-order valence-corrected chi connectivity index (χ3v) is 13.3. The van der Waals surface area contributed by atoms with E-state index in [0.717, 1.165) is 57.8 Å². The van der Waals surface area contributed by atoms with Gasteiger partial charge in [-0.05, 0) is 38.5 Å². The number of unbranched alkanes of at least 4 members (excludes halogenated alkanes) is 3. The van der Waals surface area contributed by atoms with Gasteiger partial charge in [-0.1, -0.05) is 60.8 Å². The van der Waals surface area contributed by atoms with E-state index in [9.17, 15) is 0 Å². The van der Waals surface area contributed by atoms with E-state index in [1.165, 1.54) is 0 Å². The second-order valence-electron chi connectivity index (χ2n) is 7.26. The van der Waals surface area contributed by atoms with Gasteiger partial charge in [-0.2, -0.15) is 0 Å². The van der Waals surface area contributed by atoms with E-state index in [-0.39, 0.29) is 0 Å². The summed E-state index contributed by atoms with van der Waals surface area (Å²) in [4.78, 5) is 0. The second kappa shape index (κ2) is 18.9. The molecule has 0 fully saturated rings. The fraction of sp³-hybridized carbons (Fsp3) is 1.00. The lowest BCUT2D eigenvalue weighted by Crippen LogP contribution is -2.74. The SMILES string of the molecule is CCCCO[Si](OCCCC)(OCCCC)[Si](OCCC)(OCCC)OCCC. The predicted molar refractivity (Wildman–Crippen MR) is 123 cm³/mol. The van der Waals surface area contributed by atoms with Crippen molar-refractivity contribution in [1.29, 1.82) is 0 Å². The molecule has 0 aromatic heterocycles. The van der Waals surface area contributed by atoms with Gasteiger partial charge in [0.1, 0.15) is 0 Å². The summed E-state index contributed by atoms with van der Waals surface area (Å²) >= 11 is 0. The minimum Gasteiger partial charge on any atom is -0.371 e. The number of rotatable bonds is 22. The van der Waals surface area contributed by atoms with Crippen LogP contribution < -0.4 is 0 Å². The summed E-state index contributed by atoms with van der Waals surface area (Å²) in [5.74, 6) is 0. The highest BCUT2D eigenvalue weighted by Crippen LogP contribution is 2.29. The van der Waals surface area contributed by atoms with Crippen molar-refractivity contribution in [1.82, 2.24) is 0 Å². The molecule has 0 unspecified atom stereocenters. The Balaban J connectivity index is 6.03. The third-order valence-electron chi connectivity index (χ3n) is 4.23. The molecule has 0 spiro atoms. The van der Waals surface area contributed by atoms with Crippen LogP contribution in [0.25, 0.3) is 0 Å². The maximum Gasteiger partial charge on any atom is 0.577 e. The lowest BCUT2D eigenvalue weighted by Gasteiger charge is -2.40. The zero-order valence-corrected chi connectivity index (χ0v) is 22.1. The van der Waals surface area contributed by atoms with Crippen molar-refractivity contribution in [3.8, 4) is 0 Å². The molecule has 0 N–H and O–H groups in total. The zero-order valence-electron chi connectivity index (χ0n) is 20.1. The van der Waals surface area contributed by atoms with Gasteiger partial charge in [-0.3, -0.25) is 0 Å². The van der Waals surface area contributed by atoms with Crippen molar-refractivity contribution in [2.24, 2.45) is 0 Å². The highest BCUT2D eigenvalue weighted by molar-refractivity contribution is 7.26. The first-order chi connectivity index (χ1) is 14.1. The van der Waals surface area contributed by atoms with E-state index in [2.05, 4.69) is 41.5 Å². The molecule has 29 heavy (non-hydrogen) atoms. The van der Waals surface area contributed by atoms with Gasteiger partial charge in [-0.25, -0.2) is 0 Å². The Morgan fingerprint density at radius 3 is 0.793 bits per heavy atom. The van der Waals surface area contributed by atoms with E-state index < -0.39 is 16.6 Å². The maximum atomic E-state index is 6.50. The molecule has 0 saturated carbocycles. The Morgan fingerprint density at radius 1 is 0.345 bits per heavy atom. The second-order valence-corrected chi connectivity index (χ2v) is 14.9. The first kappa shape index (κ1) is 29.2. The van der Waals surface area contributed by atoms with Crippen LogP contribution >= 0.6 is 0 Å². The lowest BCUT2D eigenvalue weighted by molar-refractivity contribution is 0.0103. The molecule has 0 saturated heterocycles. The van der Waals surface area contributed by atoms with Crippen molar-refractivity contribution < 1.29 is 26.6 Å². The van der Waals surface area contributed by atoms with Crippen LogP contribution in [0.1, 0.15) is 99.3 Å². The molecule has 0 heterocycles. The molecule has 0 aliphatic rings. The fourth-order valence-corrected chi connectivity index (χ4v) is 11.8. The average Bonchev–Trinajstić information content (AvgIpc) is 2.73. The Bertz CT molecular complexity index is 312. The average molecular weight is 453 g/mol. The monoisotopic (exact) mass is 452 g/mol.